The van der Waals surface area contributed by atoms with E-state index in [4.69, 9.17) is 10.5 Å². The summed E-state index contributed by atoms with van der Waals surface area (Å²) in [4.78, 5) is 4.47. The van der Waals surface area contributed by atoms with Gasteiger partial charge in [0, 0.05) is 6.54 Å². The Morgan fingerprint density at radius 1 is 1.33 bits per heavy atom. The summed E-state index contributed by atoms with van der Waals surface area (Å²) < 4.78 is 5.46. The quantitative estimate of drug-likeness (QED) is 0.794. The zero-order valence-electron chi connectivity index (χ0n) is 13.6. The fourth-order valence-corrected chi connectivity index (χ4v) is 3.52. The minimum Gasteiger partial charge on any atom is -0.476 e. The van der Waals surface area contributed by atoms with Crippen LogP contribution in [0, 0.1) is 11.3 Å². The van der Waals surface area contributed by atoms with Gasteiger partial charge in [-0.05, 0) is 49.7 Å². The lowest BCUT2D eigenvalue weighted by Gasteiger charge is -2.31. The molecule has 4 nitrogen and oxygen atoms in total. The normalized spacial score (nSPS) is 17.1. The predicted molar refractivity (Wildman–Crippen MR) is 88.7 cm³/mol. The summed E-state index contributed by atoms with van der Waals surface area (Å²) in [5.41, 5.74) is 6.90. The summed E-state index contributed by atoms with van der Waals surface area (Å²) >= 11 is 0. The molecule has 0 spiro atoms. The Hall–Kier alpha value is -1.45. The first-order valence-corrected chi connectivity index (χ1v) is 8.18. The summed E-state index contributed by atoms with van der Waals surface area (Å²) in [5, 5.41) is 3.51. The SMILES string of the molecule is CCOc1nc(NCC2(CC(C)C)CCCC2)ccc1N. The van der Waals surface area contributed by atoms with E-state index in [1.165, 1.54) is 32.1 Å². The summed E-state index contributed by atoms with van der Waals surface area (Å²) in [5.74, 6) is 2.14. The number of pyridine rings is 1. The van der Waals surface area contributed by atoms with Gasteiger partial charge in [0.1, 0.15) is 5.82 Å². The van der Waals surface area contributed by atoms with Gasteiger partial charge >= 0.3 is 0 Å². The van der Waals surface area contributed by atoms with Gasteiger partial charge in [0.15, 0.2) is 0 Å². The molecule has 1 saturated carbocycles. The van der Waals surface area contributed by atoms with E-state index in [2.05, 4.69) is 24.1 Å². The molecule has 0 radical (unpaired) electrons. The van der Waals surface area contributed by atoms with Crippen molar-refractivity contribution >= 4 is 11.5 Å². The number of hydrogen-bond acceptors (Lipinski definition) is 4. The summed E-state index contributed by atoms with van der Waals surface area (Å²) in [6, 6.07) is 3.81. The van der Waals surface area contributed by atoms with Crippen molar-refractivity contribution in [1.29, 1.82) is 0 Å². The first-order chi connectivity index (χ1) is 10.0. The Morgan fingerprint density at radius 3 is 2.67 bits per heavy atom. The largest absolute Gasteiger partial charge is 0.476 e. The molecule has 4 heteroatoms. The highest BCUT2D eigenvalue weighted by Gasteiger charge is 2.34. The van der Waals surface area contributed by atoms with E-state index in [-0.39, 0.29) is 0 Å². The molecule has 0 aromatic carbocycles. The van der Waals surface area contributed by atoms with E-state index in [0.717, 1.165) is 18.3 Å². The molecule has 118 valence electrons. The highest BCUT2D eigenvalue weighted by Crippen LogP contribution is 2.43. The molecule has 1 aromatic heterocycles. The monoisotopic (exact) mass is 291 g/mol. The number of nitrogen functional groups attached to an aromatic ring is 1. The first-order valence-electron chi connectivity index (χ1n) is 8.18. The average molecular weight is 291 g/mol. The van der Waals surface area contributed by atoms with Crippen molar-refractivity contribution in [1.82, 2.24) is 4.98 Å². The van der Waals surface area contributed by atoms with Crippen LogP contribution in [0.5, 0.6) is 5.88 Å². The van der Waals surface area contributed by atoms with Crippen molar-refractivity contribution < 1.29 is 4.74 Å². The highest BCUT2D eigenvalue weighted by atomic mass is 16.5. The molecule has 1 aliphatic rings. The van der Waals surface area contributed by atoms with Gasteiger partial charge in [0.25, 0.3) is 0 Å². The topological polar surface area (TPSA) is 60.2 Å². The van der Waals surface area contributed by atoms with E-state index in [1.54, 1.807) is 0 Å². The molecule has 0 amide bonds. The molecule has 0 saturated heterocycles. The van der Waals surface area contributed by atoms with Gasteiger partial charge in [-0.3, -0.25) is 0 Å². The van der Waals surface area contributed by atoms with Gasteiger partial charge < -0.3 is 15.8 Å². The van der Waals surface area contributed by atoms with E-state index in [0.29, 0.717) is 23.6 Å². The van der Waals surface area contributed by atoms with E-state index in [1.807, 2.05) is 19.1 Å². The van der Waals surface area contributed by atoms with Crippen molar-refractivity contribution in [3.63, 3.8) is 0 Å². The molecular weight excluding hydrogens is 262 g/mol. The van der Waals surface area contributed by atoms with Crippen molar-refractivity contribution in [3.05, 3.63) is 12.1 Å². The van der Waals surface area contributed by atoms with Crippen LogP contribution in [0.4, 0.5) is 11.5 Å². The molecule has 0 atom stereocenters. The molecule has 0 unspecified atom stereocenters. The van der Waals surface area contributed by atoms with Crippen molar-refractivity contribution in [3.8, 4) is 5.88 Å². The van der Waals surface area contributed by atoms with Gasteiger partial charge in [-0.2, -0.15) is 4.98 Å². The zero-order valence-corrected chi connectivity index (χ0v) is 13.6. The molecular formula is C17H29N3O. The van der Waals surface area contributed by atoms with Gasteiger partial charge in [-0.15, -0.1) is 0 Å². The average Bonchev–Trinajstić information content (AvgIpc) is 2.88. The van der Waals surface area contributed by atoms with Crippen LogP contribution >= 0.6 is 0 Å². The molecule has 0 aliphatic heterocycles. The third-order valence-corrected chi connectivity index (χ3v) is 4.32. The number of anilines is 2. The van der Waals surface area contributed by atoms with Crippen LogP contribution in [0.2, 0.25) is 0 Å². The molecule has 1 fully saturated rings. The van der Waals surface area contributed by atoms with E-state index >= 15 is 0 Å². The van der Waals surface area contributed by atoms with E-state index < -0.39 is 0 Å². The van der Waals surface area contributed by atoms with Crippen molar-refractivity contribution in [2.75, 3.05) is 24.2 Å². The Balaban J connectivity index is 2.02. The van der Waals surface area contributed by atoms with Gasteiger partial charge in [0.2, 0.25) is 5.88 Å². The fraction of sp³-hybridized carbons (Fsp3) is 0.706. The summed E-state index contributed by atoms with van der Waals surface area (Å²) in [7, 11) is 0. The fourth-order valence-electron chi connectivity index (χ4n) is 3.52. The molecule has 2 rings (SSSR count). The number of aromatic nitrogens is 1. The first kappa shape index (κ1) is 15.9. The Bertz CT molecular complexity index is 453. The maximum atomic E-state index is 5.87. The molecule has 0 bridgehead atoms. The Kier molecular flexibility index (Phi) is 5.32. The number of nitrogens with one attached hydrogen (secondary N) is 1. The lowest BCUT2D eigenvalue weighted by atomic mass is 9.78. The second kappa shape index (κ2) is 7.01. The minimum absolute atomic E-state index is 0.434. The molecule has 3 N–H and O–H groups in total. The van der Waals surface area contributed by atoms with Crippen LogP contribution in [0.15, 0.2) is 12.1 Å². The third-order valence-electron chi connectivity index (χ3n) is 4.32. The van der Waals surface area contributed by atoms with Gasteiger partial charge in [0.05, 0.1) is 12.3 Å². The number of nitrogens with two attached hydrogens (primary N) is 1. The second-order valence-electron chi connectivity index (χ2n) is 6.68. The van der Waals surface area contributed by atoms with Crippen LogP contribution in [-0.2, 0) is 0 Å². The molecule has 21 heavy (non-hydrogen) atoms. The van der Waals surface area contributed by atoms with Crippen molar-refractivity contribution in [2.24, 2.45) is 11.3 Å². The lowest BCUT2D eigenvalue weighted by molar-refractivity contribution is 0.252. The van der Waals surface area contributed by atoms with E-state index in [9.17, 15) is 0 Å². The highest BCUT2D eigenvalue weighted by molar-refractivity contribution is 5.53. The number of ether oxygens (including phenoxy) is 1. The van der Waals surface area contributed by atoms with Gasteiger partial charge in [-0.1, -0.05) is 26.7 Å². The standard InChI is InChI=1S/C17H29N3O/c1-4-21-16-14(18)7-8-15(20-16)19-12-17(11-13(2)3)9-5-6-10-17/h7-8,13H,4-6,9-12,18H2,1-3H3,(H,19,20). The van der Waals surface area contributed by atoms with Gasteiger partial charge in [-0.25, -0.2) is 0 Å². The molecule has 1 aliphatic carbocycles. The predicted octanol–water partition coefficient (Wildman–Crippen LogP) is 4.08. The van der Waals surface area contributed by atoms with Crippen molar-refractivity contribution in [2.45, 2.75) is 52.9 Å². The Morgan fingerprint density at radius 2 is 2.05 bits per heavy atom. The van der Waals surface area contributed by atoms with Crippen LogP contribution in [-0.4, -0.2) is 18.1 Å². The number of nitrogens with zero attached hydrogens (tertiary/aromatic N) is 1. The summed E-state index contributed by atoms with van der Waals surface area (Å²) in [6.45, 7) is 8.15. The smallest absolute Gasteiger partial charge is 0.239 e. The maximum Gasteiger partial charge on any atom is 0.239 e. The van der Waals surface area contributed by atoms with Crippen LogP contribution in [0.25, 0.3) is 0 Å². The zero-order chi connectivity index (χ0) is 15.3. The number of rotatable bonds is 7. The summed E-state index contributed by atoms with van der Waals surface area (Å²) in [6.07, 6.45) is 6.64. The number of hydrogen-bond donors (Lipinski definition) is 2. The minimum atomic E-state index is 0.434. The molecule has 1 heterocycles. The lowest BCUT2D eigenvalue weighted by Crippen LogP contribution is -2.28. The molecule has 1 aromatic rings. The van der Waals surface area contributed by atoms with Crippen LogP contribution < -0.4 is 15.8 Å². The van der Waals surface area contributed by atoms with Crippen LogP contribution in [0.1, 0.15) is 52.9 Å². The Labute approximate surface area is 128 Å². The maximum absolute atomic E-state index is 5.87. The second-order valence-corrected chi connectivity index (χ2v) is 6.68. The third kappa shape index (κ3) is 4.26. The van der Waals surface area contributed by atoms with Crippen LogP contribution in [0.3, 0.4) is 0 Å².